The Morgan fingerprint density at radius 3 is 2.91 bits per heavy atom. The van der Waals surface area contributed by atoms with E-state index in [0.717, 1.165) is 23.2 Å². The highest BCUT2D eigenvalue weighted by molar-refractivity contribution is 7.15. The molecule has 0 saturated carbocycles. The number of thiophene rings is 1. The van der Waals surface area contributed by atoms with Crippen LogP contribution in [0, 0.1) is 0 Å². The van der Waals surface area contributed by atoms with Crippen LogP contribution in [0.2, 0.25) is 4.34 Å². The minimum atomic E-state index is 0.460. The van der Waals surface area contributed by atoms with Crippen LogP contribution in [-0.2, 0) is 4.74 Å². The molecule has 0 atom stereocenters. The van der Waals surface area contributed by atoms with Gasteiger partial charge in [-0.2, -0.15) is 0 Å². The van der Waals surface area contributed by atoms with Crippen molar-refractivity contribution in [2.24, 2.45) is 0 Å². The molecule has 60 valence electrons. The molecule has 1 aromatic rings. The molecule has 1 saturated heterocycles. The van der Waals surface area contributed by atoms with Gasteiger partial charge in [-0.25, -0.2) is 0 Å². The van der Waals surface area contributed by atoms with Gasteiger partial charge >= 0.3 is 0 Å². The monoisotopic (exact) mass is 189 g/mol. The summed E-state index contributed by atoms with van der Waals surface area (Å²) in [6.07, 6.45) is 0. The molecule has 11 heavy (non-hydrogen) atoms. The number of nitrogens with one attached hydrogen (secondary N) is 1. The van der Waals surface area contributed by atoms with Crippen molar-refractivity contribution in [3.05, 3.63) is 15.8 Å². The van der Waals surface area contributed by atoms with E-state index in [1.807, 2.05) is 11.4 Å². The van der Waals surface area contributed by atoms with Crippen LogP contribution in [0.5, 0.6) is 0 Å². The van der Waals surface area contributed by atoms with Gasteiger partial charge in [0.15, 0.2) is 0 Å². The lowest BCUT2D eigenvalue weighted by molar-refractivity contribution is 0.0211. The van der Waals surface area contributed by atoms with Crippen LogP contribution < -0.4 is 5.32 Å². The molecule has 1 aromatic heterocycles. The van der Waals surface area contributed by atoms with E-state index in [0.29, 0.717) is 6.04 Å². The smallest absolute Gasteiger partial charge is 0.116 e. The quantitative estimate of drug-likeness (QED) is 0.771. The molecule has 2 heterocycles. The lowest BCUT2D eigenvalue weighted by Gasteiger charge is -2.27. The molecule has 0 unspecified atom stereocenters. The number of rotatable bonds is 2. The average Bonchev–Trinajstić information content (AvgIpc) is 2.27. The summed E-state index contributed by atoms with van der Waals surface area (Å²) in [5.74, 6) is 0. The Kier molecular flexibility index (Phi) is 2.02. The van der Waals surface area contributed by atoms with Crippen molar-refractivity contribution in [2.45, 2.75) is 6.04 Å². The predicted octanol–water partition coefficient (Wildman–Crippen LogP) is 2.21. The summed E-state index contributed by atoms with van der Waals surface area (Å²) in [6.45, 7) is 1.60. The maximum atomic E-state index is 5.88. The Hall–Kier alpha value is -0.250. The molecule has 1 N–H and O–H groups in total. The Morgan fingerprint density at radius 1 is 1.64 bits per heavy atom. The molecule has 0 spiro atoms. The zero-order valence-electron chi connectivity index (χ0n) is 5.84. The Labute approximate surface area is 74.1 Å². The Balaban J connectivity index is 1.99. The fourth-order valence-electron chi connectivity index (χ4n) is 0.935. The Morgan fingerprint density at radius 2 is 2.45 bits per heavy atom. The molecular weight excluding hydrogens is 182 g/mol. The number of ether oxygens (including phenoxy) is 1. The molecule has 1 fully saturated rings. The van der Waals surface area contributed by atoms with E-state index in [4.69, 9.17) is 16.3 Å². The first-order valence-electron chi connectivity index (χ1n) is 3.43. The first-order chi connectivity index (χ1) is 5.36. The lowest BCUT2D eigenvalue weighted by atomic mass is 10.2. The molecule has 0 aliphatic carbocycles. The molecule has 2 rings (SSSR count). The summed E-state index contributed by atoms with van der Waals surface area (Å²) in [5.41, 5.74) is 1.03. The van der Waals surface area contributed by atoms with Crippen molar-refractivity contribution >= 4 is 28.6 Å². The van der Waals surface area contributed by atoms with Crippen LogP contribution in [0.4, 0.5) is 5.69 Å². The van der Waals surface area contributed by atoms with E-state index in [-0.39, 0.29) is 0 Å². The first-order valence-corrected chi connectivity index (χ1v) is 4.69. The van der Waals surface area contributed by atoms with E-state index >= 15 is 0 Å². The van der Waals surface area contributed by atoms with Gasteiger partial charge < -0.3 is 10.1 Å². The van der Waals surface area contributed by atoms with E-state index in [2.05, 4.69) is 5.32 Å². The van der Waals surface area contributed by atoms with Gasteiger partial charge in [-0.15, -0.1) is 11.3 Å². The van der Waals surface area contributed by atoms with Crippen molar-refractivity contribution in [2.75, 3.05) is 18.5 Å². The molecule has 2 nitrogen and oxygen atoms in total. The number of anilines is 1. The van der Waals surface area contributed by atoms with Gasteiger partial charge in [0.25, 0.3) is 0 Å². The minimum absolute atomic E-state index is 0.460. The SMILES string of the molecule is Clc1sccc1NC1COC1. The van der Waals surface area contributed by atoms with Crippen LogP contribution in [-0.4, -0.2) is 19.3 Å². The summed E-state index contributed by atoms with van der Waals surface area (Å²) >= 11 is 7.42. The second kappa shape index (κ2) is 3.01. The number of halogens is 1. The summed E-state index contributed by atoms with van der Waals surface area (Å²) in [5, 5.41) is 5.26. The first kappa shape index (κ1) is 7.40. The molecule has 1 aliphatic rings. The average molecular weight is 190 g/mol. The van der Waals surface area contributed by atoms with Crippen LogP contribution in [0.3, 0.4) is 0 Å². The summed E-state index contributed by atoms with van der Waals surface area (Å²) in [6, 6.07) is 2.45. The molecule has 1 aliphatic heterocycles. The van der Waals surface area contributed by atoms with Crippen LogP contribution >= 0.6 is 22.9 Å². The molecule has 0 aromatic carbocycles. The van der Waals surface area contributed by atoms with Crippen molar-refractivity contribution in [3.63, 3.8) is 0 Å². The van der Waals surface area contributed by atoms with E-state index in [1.54, 1.807) is 11.3 Å². The second-order valence-electron chi connectivity index (χ2n) is 2.49. The highest BCUT2D eigenvalue weighted by Crippen LogP contribution is 2.28. The van der Waals surface area contributed by atoms with E-state index in [9.17, 15) is 0 Å². The van der Waals surface area contributed by atoms with Crippen LogP contribution in [0.25, 0.3) is 0 Å². The largest absolute Gasteiger partial charge is 0.377 e. The summed E-state index contributed by atoms with van der Waals surface area (Å²) in [4.78, 5) is 0. The molecule has 0 radical (unpaired) electrons. The van der Waals surface area contributed by atoms with Gasteiger partial charge in [0.1, 0.15) is 4.34 Å². The molecular formula is C7H8ClNOS. The predicted molar refractivity (Wildman–Crippen MR) is 47.6 cm³/mol. The zero-order valence-corrected chi connectivity index (χ0v) is 7.41. The number of hydrogen-bond donors (Lipinski definition) is 1. The van der Waals surface area contributed by atoms with Gasteiger partial charge in [0.2, 0.25) is 0 Å². The second-order valence-corrected chi connectivity index (χ2v) is 4.00. The number of hydrogen-bond acceptors (Lipinski definition) is 3. The van der Waals surface area contributed by atoms with Gasteiger partial charge in [0, 0.05) is 0 Å². The topological polar surface area (TPSA) is 21.3 Å². The lowest BCUT2D eigenvalue weighted by Crippen LogP contribution is -2.40. The third-order valence-corrected chi connectivity index (χ3v) is 2.79. The zero-order chi connectivity index (χ0) is 7.68. The Bertz CT molecular complexity index is 246. The molecule has 4 heteroatoms. The van der Waals surface area contributed by atoms with Crippen LogP contribution in [0.1, 0.15) is 0 Å². The van der Waals surface area contributed by atoms with Gasteiger partial charge in [-0.3, -0.25) is 0 Å². The highest BCUT2D eigenvalue weighted by atomic mass is 35.5. The summed E-state index contributed by atoms with van der Waals surface area (Å²) < 4.78 is 5.85. The fourth-order valence-corrected chi connectivity index (χ4v) is 1.78. The van der Waals surface area contributed by atoms with E-state index in [1.165, 1.54) is 0 Å². The highest BCUT2D eigenvalue weighted by Gasteiger charge is 2.18. The van der Waals surface area contributed by atoms with E-state index < -0.39 is 0 Å². The van der Waals surface area contributed by atoms with Gasteiger partial charge in [-0.05, 0) is 11.4 Å². The maximum Gasteiger partial charge on any atom is 0.116 e. The molecule has 0 amide bonds. The molecule has 0 bridgehead atoms. The van der Waals surface area contributed by atoms with Gasteiger partial charge in [-0.1, -0.05) is 11.6 Å². The van der Waals surface area contributed by atoms with Crippen molar-refractivity contribution in [1.29, 1.82) is 0 Å². The fraction of sp³-hybridized carbons (Fsp3) is 0.429. The van der Waals surface area contributed by atoms with Crippen molar-refractivity contribution < 1.29 is 4.74 Å². The van der Waals surface area contributed by atoms with Crippen molar-refractivity contribution in [3.8, 4) is 0 Å². The third kappa shape index (κ3) is 1.50. The van der Waals surface area contributed by atoms with Gasteiger partial charge in [0.05, 0.1) is 24.9 Å². The summed E-state index contributed by atoms with van der Waals surface area (Å²) in [7, 11) is 0. The minimum Gasteiger partial charge on any atom is -0.377 e. The normalized spacial score (nSPS) is 17.9. The van der Waals surface area contributed by atoms with Crippen molar-refractivity contribution in [1.82, 2.24) is 0 Å². The standard InChI is InChI=1S/C7H8ClNOS/c8-7-6(1-2-11-7)9-5-3-10-4-5/h1-2,5,9H,3-4H2. The van der Waals surface area contributed by atoms with Crippen LogP contribution in [0.15, 0.2) is 11.4 Å². The maximum absolute atomic E-state index is 5.88. The third-order valence-electron chi connectivity index (χ3n) is 1.62.